The van der Waals surface area contributed by atoms with Crippen LogP contribution in [0.3, 0.4) is 0 Å². The van der Waals surface area contributed by atoms with Crippen molar-refractivity contribution in [1.29, 1.82) is 0 Å². The molecule has 1 saturated heterocycles. The van der Waals surface area contributed by atoms with E-state index in [2.05, 4.69) is 39.9 Å². The van der Waals surface area contributed by atoms with Gasteiger partial charge in [0, 0.05) is 23.6 Å². The maximum absolute atomic E-state index is 9.15. The lowest BCUT2D eigenvalue weighted by molar-refractivity contribution is -0.0805. The molecule has 2 unspecified atom stereocenters. The zero-order valence-corrected chi connectivity index (χ0v) is 11.6. The van der Waals surface area contributed by atoms with Gasteiger partial charge >= 0.3 is 0 Å². The highest BCUT2D eigenvalue weighted by Crippen LogP contribution is 2.18. The van der Waals surface area contributed by atoms with Crippen LogP contribution >= 0.6 is 15.9 Å². The second-order valence-corrected chi connectivity index (χ2v) is 5.46. The molecule has 0 amide bonds. The number of nitrogens with zero attached hydrogens (tertiary/aromatic N) is 1. The lowest BCUT2D eigenvalue weighted by Gasteiger charge is -2.37. The van der Waals surface area contributed by atoms with Crippen molar-refractivity contribution >= 4 is 15.9 Å². The Morgan fingerprint density at radius 3 is 3.06 bits per heavy atom. The number of hydrogen-bond donors (Lipinski definition) is 1. The Morgan fingerprint density at radius 1 is 1.53 bits per heavy atom. The topological polar surface area (TPSA) is 32.7 Å². The largest absolute Gasteiger partial charge is 0.394 e. The standard InChI is InChI=1S/C13H18BrNO2/c1-10-9-17-13(8-16)7-15(10)6-11-3-2-4-12(14)5-11/h2-5,10,13,16H,6-9H2,1H3. The summed E-state index contributed by atoms with van der Waals surface area (Å²) in [6, 6.07) is 8.74. The molecule has 0 bridgehead atoms. The number of morpholine rings is 1. The SMILES string of the molecule is CC1COC(CO)CN1Cc1cccc(Br)c1. The Bertz CT molecular complexity index is 372. The van der Waals surface area contributed by atoms with Crippen molar-refractivity contribution < 1.29 is 9.84 Å². The molecule has 0 saturated carbocycles. The first-order valence-electron chi connectivity index (χ1n) is 5.90. The third-order valence-corrected chi connectivity index (χ3v) is 3.61. The van der Waals surface area contributed by atoms with Gasteiger partial charge in [-0.05, 0) is 24.6 Å². The molecule has 1 aromatic rings. The number of benzene rings is 1. The summed E-state index contributed by atoms with van der Waals surface area (Å²) >= 11 is 3.48. The maximum Gasteiger partial charge on any atom is 0.0933 e. The van der Waals surface area contributed by atoms with Crippen molar-refractivity contribution in [3.05, 3.63) is 34.3 Å². The van der Waals surface area contributed by atoms with E-state index in [9.17, 15) is 0 Å². The van der Waals surface area contributed by atoms with Crippen molar-refractivity contribution in [3.63, 3.8) is 0 Å². The van der Waals surface area contributed by atoms with Gasteiger partial charge in [0.25, 0.3) is 0 Å². The summed E-state index contributed by atoms with van der Waals surface area (Å²) in [6.07, 6.45) is -0.0432. The van der Waals surface area contributed by atoms with Crippen LogP contribution in [0, 0.1) is 0 Å². The Morgan fingerprint density at radius 2 is 2.35 bits per heavy atom. The second-order valence-electron chi connectivity index (χ2n) is 4.55. The first kappa shape index (κ1) is 13.0. The van der Waals surface area contributed by atoms with Crippen molar-refractivity contribution in [3.8, 4) is 0 Å². The zero-order valence-electron chi connectivity index (χ0n) is 9.97. The van der Waals surface area contributed by atoms with E-state index in [1.807, 2.05) is 12.1 Å². The van der Waals surface area contributed by atoms with Gasteiger partial charge in [-0.2, -0.15) is 0 Å². The number of halogens is 1. The van der Waals surface area contributed by atoms with Crippen molar-refractivity contribution in [1.82, 2.24) is 4.90 Å². The van der Waals surface area contributed by atoms with Crippen LogP contribution in [0.1, 0.15) is 12.5 Å². The fourth-order valence-corrected chi connectivity index (χ4v) is 2.52. The van der Waals surface area contributed by atoms with Gasteiger partial charge in [-0.15, -0.1) is 0 Å². The molecule has 0 aromatic heterocycles. The maximum atomic E-state index is 9.15. The second kappa shape index (κ2) is 5.96. The fraction of sp³-hybridized carbons (Fsp3) is 0.538. The summed E-state index contributed by atoms with van der Waals surface area (Å²) in [5.41, 5.74) is 1.28. The van der Waals surface area contributed by atoms with Crippen LogP contribution in [-0.4, -0.2) is 41.9 Å². The van der Waals surface area contributed by atoms with Crippen molar-refractivity contribution in [2.45, 2.75) is 25.6 Å². The van der Waals surface area contributed by atoms with Gasteiger partial charge < -0.3 is 9.84 Å². The molecule has 2 rings (SSSR count). The average Bonchev–Trinajstić information content (AvgIpc) is 2.32. The van der Waals surface area contributed by atoms with E-state index >= 15 is 0 Å². The molecule has 17 heavy (non-hydrogen) atoms. The van der Waals surface area contributed by atoms with Gasteiger partial charge in [0.1, 0.15) is 0 Å². The van der Waals surface area contributed by atoms with Gasteiger partial charge in [0.15, 0.2) is 0 Å². The summed E-state index contributed by atoms with van der Waals surface area (Å²) < 4.78 is 6.64. The highest BCUT2D eigenvalue weighted by atomic mass is 79.9. The summed E-state index contributed by atoms with van der Waals surface area (Å²) in [7, 11) is 0. The predicted molar refractivity (Wildman–Crippen MR) is 70.8 cm³/mol. The van der Waals surface area contributed by atoms with E-state index in [0.29, 0.717) is 12.6 Å². The van der Waals surface area contributed by atoms with E-state index < -0.39 is 0 Å². The molecule has 1 aromatic carbocycles. The minimum Gasteiger partial charge on any atom is -0.394 e. The highest BCUT2D eigenvalue weighted by Gasteiger charge is 2.25. The van der Waals surface area contributed by atoms with Gasteiger partial charge in [0.05, 0.1) is 19.3 Å². The third kappa shape index (κ3) is 3.52. The van der Waals surface area contributed by atoms with Crippen LogP contribution in [0.15, 0.2) is 28.7 Å². The minimum absolute atomic E-state index is 0.0432. The Kier molecular flexibility index (Phi) is 4.56. The van der Waals surface area contributed by atoms with Gasteiger partial charge in [0.2, 0.25) is 0 Å². The van der Waals surface area contributed by atoms with E-state index in [4.69, 9.17) is 9.84 Å². The molecule has 1 aliphatic rings. The summed E-state index contributed by atoms with van der Waals surface area (Å²) in [6.45, 7) is 4.65. The number of aliphatic hydroxyl groups is 1. The summed E-state index contributed by atoms with van der Waals surface area (Å²) in [4.78, 5) is 2.35. The molecular weight excluding hydrogens is 282 g/mol. The average molecular weight is 300 g/mol. The highest BCUT2D eigenvalue weighted by molar-refractivity contribution is 9.10. The number of ether oxygens (including phenoxy) is 1. The van der Waals surface area contributed by atoms with Gasteiger partial charge in [-0.25, -0.2) is 0 Å². The van der Waals surface area contributed by atoms with Crippen LogP contribution < -0.4 is 0 Å². The molecule has 1 aliphatic heterocycles. The van der Waals surface area contributed by atoms with E-state index in [1.54, 1.807) is 0 Å². The normalized spacial score (nSPS) is 26.1. The summed E-state index contributed by atoms with van der Waals surface area (Å²) in [5.74, 6) is 0. The number of hydrogen-bond acceptors (Lipinski definition) is 3. The van der Waals surface area contributed by atoms with Crippen LogP contribution in [-0.2, 0) is 11.3 Å². The van der Waals surface area contributed by atoms with Crippen LogP contribution in [0.25, 0.3) is 0 Å². The number of rotatable bonds is 3. The van der Waals surface area contributed by atoms with Crippen LogP contribution in [0.5, 0.6) is 0 Å². The molecule has 1 fully saturated rings. The molecule has 0 radical (unpaired) electrons. The van der Waals surface area contributed by atoms with Crippen molar-refractivity contribution in [2.24, 2.45) is 0 Å². The first-order chi connectivity index (χ1) is 8.19. The summed E-state index contributed by atoms with van der Waals surface area (Å²) in [5, 5.41) is 9.15. The minimum atomic E-state index is -0.0432. The first-order valence-corrected chi connectivity index (χ1v) is 6.69. The zero-order chi connectivity index (χ0) is 12.3. The Hall–Kier alpha value is -0.420. The van der Waals surface area contributed by atoms with Gasteiger partial charge in [-0.1, -0.05) is 28.1 Å². The lowest BCUT2D eigenvalue weighted by atomic mass is 10.1. The lowest BCUT2D eigenvalue weighted by Crippen LogP contribution is -2.48. The van der Waals surface area contributed by atoms with Crippen LogP contribution in [0.4, 0.5) is 0 Å². The van der Waals surface area contributed by atoms with Crippen LogP contribution in [0.2, 0.25) is 0 Å². The molecular formula is C13H18BrNO2. The molecule has 94 valence electrons. The van der Waals surface area contributed by atoms with E-state index in [-0.39, 0.29) is 12.7 Å². The predicted octanol–water partition coefficient (Wildman–Crippen LogP) is 2.03. The van der Waals surface area contributed by atoms with E-state index in [0.717, 1.165) is 17.6 Å². The molecule has 3 nitrogen and oxygen atoms in total. The molecule has 1 heterocycles. The fourth-order valence-electron chi connectivity index (χ4n) is 2.08. The molecule has 1 N–H and O–H groups in total. The van der Waals surface area contributed by atoms with Crippen molar-refractivity contribution in [2.75, 3.05) is 19.8 Å². The Balaban J connectivity index is 2.01. The molecule has 0 spiro atoms. The quantitative estimate of drug-likeness (QED) is 0.927. The van der Waals surface area contributed by atoms with E-state index in [1.165, 1.54) is 5.56 Å². The third-order valence-electron chi connectivity index (χ3n) is 3.11. The van der Waals surface area contributed by atoms with Gasteiger partial charge in [-0.3, -0.25) is 4.90 Å². The smallest absolute Gasteiger partial charge is 0.0933 e. The number of aliphatic hydroxyl groups excluding tert-OH is 1. The monoisotopic (exact) mass is 299 g/mol. The molecule has 0 aliphatic carbocycles. The molecule has 4 heteroatoms. The molecule has 2 atom stereocenters. The Labute approximate surface area is 111 Å².